The van der Waals surface area contributed by atoms with Gasteiger partial charge in [0.2, 0.25) is 0 Å². The Balaban J connectivity index is 1.88. The Labute approximate surface area is 213 Å². The number of benzene rings is 3. The number of rotatable bonds is 7. The standard InChI is InChI=1S/C25H18BrIN2O4/c1-2-32-22-14-16(12-18(15-28)24(30)29-20-10-8-19(27)9-11-20)13-21(26)23(22)33-25(31)17-6-4-3-5-7-17/h3-14H,2H2,1H3,(H,29,30)/b18-12+. The van der Waals surface area contributed by atoms with Crippen molar-refractivity contribution in [2.45, 2.75) is 6.92 Å². The summed E-state index contributed by atoms with van der Waals surface area (Å²) in [6.45, 7) is 2.13. The first-order chi connectivity index (χ1) is 15.9. The fourth-order valence-electron chi connectivity index (χ4n) is 2.81. The van der Waals surface area contributed by atoms with Crippen LogP contribution in [0.2, 0.25) is 0 Å². The van der Waals surface area contributed by atoms with Gasteiger partial charge in [-0.15, -0.1) is 0 Å². The molecule has 0 saturated heterocycles. The molecule has 3 rings (SSSR count). The Morgan fingerprint density at radius 2 is 1.82 bits per heavy atom. The molecule has 8 heteroatoms. The summed E-state index contributed by atoms with van der Waals surface area (Å²) in [5, 5.41) is 12.2. The van der Waals surface area contributed by atoms with E-state index in [1.807, 2.05) is 18.2 Å². The van der Waals surface area contributed by atoms with E-state index in [0.29, 0.717) is 33.6 Å². The SMILES string of the molecule is CCOc1cc(/C=C(\C#N)C(=O)Nc2ccc(I)cc2)cc(Br)c1OC(=O)c1ccccc1. The lowest BCUT2D eigenvalue weighted by Gasteiger charge is -2.14. The highest BCUT2D eigenvalue weighted by molar-refractivity contribution is 14.1. The van der Waals surface area contributed by atoms with Crippen LogP contribution in [-0.2, 0) is 4.79 Å². The first-order valence-electron chi connectivity index (χ1n) is 9.83. The minimum absolute atomic E-state index is 0.0862. The van der Waals surface area contributed by atoms with E-state index < -0.39 is 11.9 Å². The highest BCUT2D eigenvalue weighted by atomic mass is 127. The largest absolute Gasteiger partial charge is 0.490 e. The first kappa shape index (κ1) is 24.5. The number of carbonyl (C=O) groups excluding carboxylic acids is 2. The highest BCUT2D eigenvalue weighted by Gasteiger charge is 2.18. The van der Waals surface area contributed by atoms with Gasteiger partial charge in [-0.2, -0.15) is 5.26 Å². The van der Waals surface area contributed by atoms with Crippen molar-refractivity contribution in [2.24, 2.45) is 0 Å². The third kappa shape index (κ3) is 6.66. The second kappa shape index (κ2) is 11.6. The zero-order chi connectivity index (χ0) is 23.8. The summed E-state index contributed by atoms with van der Waals surface area (Å²) in [6, 6.07) is 21.0. The van der Waals surface area contributed by atoms with Crippen LogP contribution in [0.4, 0.5) is 5.69 Å². The number of anilines is 1. The van der Waals surface area contributed by atoms with Crippen molar-refractivity contribution in [3.05, 3.63) is 91.5 Å². The average Bonchev–Trinajstić information content (AvgIpc) is 2.81. The number of esters is 1. The number of hydrogen-bond acceptors (Lipinski definition) is 5. The molecule has 3 aromatic carbocycles. The minimum Gasteiger partial charge on any atom is -0.490 e. The summed E-state index contributed by atoms with van der Waals surface area (Å²) in [6.07, 6.45) is 1.44. The van der Waals surface area contributed by atoms with Crippen molar-refractivity contribution in [1.82, 2.24) is 0 Å². The lowest BCUT2D eigenvalue weighted by Crippen LogP contribution is -2.13. The lowest BCUT2D eigenvalue weighted by atomic mass is 10.1. The molecule has 0 aromatic heterocycles. The number of nitrogens with zero attached hydrogens (tertiary/aromatic N) is 1. The second-order valence-electron chi connectivity index (χ2n) is 6.65. The van der Waals surface area contributed by atoms with Gasteiger partial charge in [0.05, 0.1) is 16.6 Å². The quantitative estimate of drug-likeness (QED) is 0.112. The molecule has 0 radical (unpaired) electrons. The Hall–Kier alpha value is -3.16. The molecule has 0 saturated carbocycles. The van der Waals surface area contributed by atoms with Crippen molar-refractivity contribution in [3.63, 3.8) is 0 Å². The van der Waals surface area contributed by atoms with Crippen LogP contribution in [0.5, 0.6) is 11.5 Å². The number of halogens is 2. The van der Waals surface area contributed by atoms with Gasteiger partial charge in [-0.3, -0.25) is 4.79 Å². The Morgan fingerprint density at radius 1 is 1.12 bits per heavy atom. The third-order valence-electron chi connectivity index (χ3n) is 4.31. The molecule has 0 bridgehead atoms. The average molecular weight is 617 g/mol. The fourth-order valence-corrected chi connectivity index (χ4v) is 3.71. The van der Waals surface area contributed by atoms with Crippen molar-refractivity contribution in [1.29, 1.82) is 5.26 Å². The molecule has 0 atom stereocenters. The summed E-state index contributed by atoms with van der Waals surface area (Å²) < 4.78 is 12.7. The predicted molar refractivity (Wildman–Crippen MR) is 138 cm³/mol. The number of hydrogen-bond donors (Lipinski definition) is 1. The van der Waals surface area contributed by atoms with Crippen LogP contribution >= 0.6 is 38.5 Å². The van der Waals surface area contributed by atoms with Crippen LogP contribution in [-0.4, -0.2) is 18.5 Å². The molecule has 0 spiro atoms. The molecule has 6 nitrogen and oxygen atoms in total. The summed E-state index contributed by atoms with van der Waals surface area (Å²) in [5.41, 5.74) is 1.42. The minimum atomic E-state index is -0.535. The van der Waals surface area contributed by atoms with E-state index in [2.05, 4.69) is 43.8 Å². The van der Waals surface area contributed by atoms with Crippen molar-refractivity contribution in [2.75, 3.05) is 11.9 Å². The van der Waals surface area contributed by atoms with Gasteiger partial charge in [-0.05, 0) is 106 Å². The summed E-state index contributed by atoms with van der Waals surface area (Å²) in [5.74, 6) is -0.551. The first-order valence-corrected chi connectivity index (χ1v) is 11.7. The Kier molecular flexibility index (Phi) is 8.63. The zero-order valence-electron chi connectivity index (χ0n) is 17.5. The van der Waals surface area contributed by atoms with Crippen LogP contribution in [0, 0.1) is 14.9 Å². The third-order valence-corrected chi connectivity index (χ3v) is 5.62. The van der Waals surface area contributed by atoms with E-state index in [1.165, 1.54) is 6.08 Å². The highest BCUT2D eigenvalue weighted by Crippen LogP contribution is 2.38. The van der Waals surface area contributed by atoms with E-state index in [9.17, 15) is 14.9 Å². The fraction of sp³-hybridized carbons (Fsp3) is 0.0800. The predicted octanol–water partition coefficient (Wildman–Crippen LogP) is 6.22. The molecule has 0 unspecified atom stereocenters. The second-order valence-corrected chi connectivity index (χ2v) is 8.75. The number of carbonyl (C=O) groups is 2. The Bertz CT molecular complexity index is 1240. The molecular weight excluding hydrogens is 599 g/mol. The zero-order valence-corrected chi connectivity index (χ0v) is 21.2. The van der Waals surface area contributed by atoms with Gasteiger partial charge in [-0.25, -0.2) is 4.79 Å². The van der Waals surface area contributed by atoms with Crippen molar-refractivity contribution < 1.29 is 19.1 Å². The van der Waals surface area contributed by atoms with E-state index in [-0.39, 0.29) is 11.3 Å². The van der Waals surface area contributed by atoms with Gasteiger partial charge >= 0.3 is 5.97 Å². The molecule has 0 fully saturated rings. The molecule has 1 N–H and O–H groups in total. The summed E-state index contributed by atoms with van der Waals surface area (Å²) in [4.78, 5) is 25.1. The topological polar surface area (TPSA) is 88.4 Å². The van der Waals surface area contributed by atoms with Gasteiger partial charge in [0.1, 0.15) is 11.6 Å². The van der Waals surface area contributed by atoms with Crippen molar-refractivity contribution in [3.8, 4) is 17.6 Å². The van der Waals surface area contributed by atoms with Gasteiger partial charge in [0, 0.05) is 9.26 Å². The molecule has 0 heterocycles. The van der Waals surface area contributed by atoms with Crippen LogP contribution < -0.4 is 14.8 Å². The normalized spacial score (nSPS) is 10.8. The van der Waals surface area contributed by atoms with Gasteiger partial charge < -0.3 is 14.8 Å². The van der Waals surface area contributed by atoms with Gasteiger partial charge in [-0.1, -0.05) is 18.2 Å². The maximum absolute atomic E-state index is 12.6. The maximum atomic E-state index is 12.6. The van der Waals surface area contributed by atoms with Gasteiger partial charge in [0.15, 0.2) is 11.5 Å². The van der Waals surface area contributed by atoms with Crippen LogP contribution in [0.1, 0.15) is 22.8 Å². The molecule has 0 aliphatic heterocycles. The lowest BCUT2D eigenvalue weighted by molar-refractivity contribution is -0.112. The molecule has 166 valence electrons. The summed E-state index contributed by atoms with van der Waals surface area (Å²) >= 11 is 5.58. The van der Waals surface area contributed by atoms with E-state index >= 15 is 0 Å². The molecule has 0 aliphatic rings. The summed E-state index contributed by atoms with van der Waals surface area (Å²) in [7, 11) is 0. The molecule has 0 aliphatic carbocycles. The number of nitriles is 1. The maximum Gasteiger partial charge on any atom is 0.343 e. The monoisotopic (exact) mass is 616 g/mol. The van der Waals surface area contributed by atoms with E-state index in [1.54, 1.807) is 61.5 Å². The Morgan fingerprint density at radius 3 is 2.45 bits per heavy atom. The number of ether oxygens (including phenoxy) is 2. The van der Waals surface area contributed by atoms with Crippen LogP contribution in [0.15, 0.2) is 76.8 Å². The van der Waals surface area contributed by atoms with E-state index in [4.69, 9.17) is 9.47 Å². The number of amides is 1. The molecular formula is C25H18BrIN2O4. The smallest absolute Gasteiger partial charge is 0.343 e. The molecule has 33 heavy (non-hydrogen) atoms. The van der Waals surface area contributed by atoms with Crippen LogP contribution in [0.25, 0.3) is 6.08 Å². The van der Waals surface area contributed by atoms with Crippen molar-refractivity contribution >= 4 is 62.2 Å². The van der Waals surface area contributed by atoms with E-state index in [0.717, 1.165) is 3.57 Å². The van der Waals surface area contributed by atoms with Gasteiger partial charge in [0.25, 0.3) is 5.91 Å². The molecule has 3 aromatic rings. The van der Waals surface area contributed by atoms with Crippen LogP contribution in [0.3, 0.4) is 0 Å². The molecule has 1 amide bonds. The number of nitrogens with one attached hydrogen (secondary N) is 1.